The summed E-state index contributed by atoms with van der Waals surface area (Å²) < 4.78 is 26.4. The number of ether oxygens (including phenoxy) is 1. The van der Waals surface area contributed by atoms with E-state index in [-0.39, 0.29) is 0 Å². The minimum Gasteiger partial charge on any atom is -0.497 e. The summed E-state index contributed by atoms with van der Waals surface area (Å²) in [6.45, 7) is 1.33. The molecule has 0 aromatic heterocycles. The molecule has 0 aliphatic carbocycles. The Kier molecular flexibility index (Phi) is 3.99. The molecule has 1 rings (SSSR count). The van der Waals surface area contributed by atoms with Crippen LogP contribution in [0.25, 0.3) is 0 Å². The van der Waals surface area contributed by atoms with Crippen LogP contribution < -0.4 is 4.74 Å². The number of benzene rings is 1. The molecule has 0 fully saturated rings. The molecule has 0 saturated carbocycles. The van der Waals surface area contributed by atoms with E-state index >= 15 is 0 Å². The van der Waals surface area contributed by atoms with Gasteiger partial charge in [-0.05, 0) is 31.2 Å². The molecule has 0 amide bonds. The maximum atomic E-state index is 12.0. The van der Waals surface area contributed by atoms with Gasteiger partial charge in [0.2, 0.25) is 0 Å². The minimum atomic E-state index is -3.53. The van der Waals surface area contributed by atoms with E-state index in [0.29, 0.717) is 11.3 Å². The van der Waals surface area contributed by atoms with Crippen LogP contribution >= 0.6 is 15.9 Å². The van der Waals surface area contributed by atoms with Crippen LogP contribution in [0.15, 0.2) is 24.3 Å². The second kappa shape index (κ2) is 4.78. The Bertz CT molecular complexity index is 517. The van der Waals surface area contributed by atoms with Gasteiger partial charge in [-0.3, -0.25) is 4.79 Å². The zero-order chi connectivity index (χ0) is 13.3. The Hall–Kier alpha value is -0.880. The predicted octanol–water partition coefficient (Wildman–Crippen LogP) is 2.03. The number of hydrogen-bond donors (Lipinski definition) is 0. The second-order valence-electron chi connectivity index (χ2n) is 3.75. The van der Waals surface area contributed by atoms with Gasteiger partial charge in [0.25, 0.3) is 0 Å². The van der Waals surface area contributed by atoms with E-state index < -0.39 is 19.3 Å². The second-order valence-corrected chi connectivity index (χ2v) is 8.22. The van der Waals surface area contributed by atoms with Gasteiger partial charge >= 0.3 is 0 Å². The highest BCUT2D eigenvalue weighted by Gasteiger charge is 2.41. The van der Waals surface area contributed by atoms with E-state index in [1.54, 1.807) is 12.1 Å². The van der Waals surface area contributed by atoms with Crippen LogP contribution in [0.4, 0.5) is 0 Å². The largest absolute Gasteiger partial charge is 0.497 e. The van der Waals surface area contributed by atoms with E-state index in [2.05, 4.69) is 15.9 Å². The average molecular weight is 321 g/mol. The van der Waals surface area contributed by atoms with E-state index in [4.69, 9.17) is 4.74 Å². The van der Waals surface area contributed by atoms with Crippen molar-refractivity contribution in [3.05, 3.63) is 29.8 Å². The fourth-order valence-electron chi connectivity index (χ4n) is 1.17. The number of alkyl halides is 1. The summed E-state index contributed by atoms with van der Waals surface area (Å²) in [7, 11) is -2.01. The Morgan fingerprint density at radius 3 is 2.12 bits per heavy atom. The molecule has 1 aromatic rings. The Morgan fingerprint density at radius 2 is 1.76 bits per heavy atom. The summed E-state index contributed by atoms with van der Waals surface area (Å²) in [5.74, 6) is 0.111. The standard InChI is InChI=1S/C11H13BrO4S/c1-11(12,17(3,14)15)10(13)8-4-6-9(16-2)7-5-8/h4-7H,1-3H3/t11-/m1/s1. The number of methoxy groups -OCH3 is 1. The van der Waals surface area contributed by atoms with Gasteiger partial charge in [0.15, 0.2) is 19.3 Å². The Labute approximate surface area is 109 Å². The summed E-state index contributed by atoms with van der Waals surface area (Å²) >= 11 is 2.97. The van der Waals surface area contributed by atoms with Gasteiger partial charge in [0.1, 0.15) is 5.75 Å². The summed E-state index contributed by atoms with van der Waals surface area (Å²) in [5.41, 5.74) is 0.315. The average Bonchev–Trinajstić information content (AvgIpc) is 2.26. The molecular formula is C11H13BrO4S. The van der Waals surface area contributed by atoms with Crippen LogP contribution in [0.2, 0.25) is 0 Å². The van der Waals surface area contributed by atoms with Crippen LogP contribution in [0.5, 0.6) is 5.75 Å². The quantitative estimate of drug-likeness (QED) is 0.629. The van der Waals surface area contributed by atoms with Crippen LogP contribution in [0.3, 0.4) is 0 Å². The van der Waals surface area contributed by atoms with Crippen molar-refractivity contribution in [1.82, 2.24) is 0 Å². The number of carbonyl (C=O) groups excluding carboxylic acids is 1. The molecule has 0 bridgehead atoms. The van der Waals surface area contributed by atoms with E-state index in [9.17, 15) is 13.2 Å². The van der Waals surface area contributed by atoms with Crippen LogP contribution in [0, 0.1) is 0 Å². The van der Waals surface area contributed by atoms with Crippen molar-refractivity contribution in [2.24, 2.45) is 0 Å². The van der Waals surface area contributed by atoms with Crippen molar-refractivity contribution in [1.29, 1.82) is 0 Å². The third-order valence-electron chi connectivity index (χ3n) is 2.45. The molecule has 1 aromatic carbocycles. The molecule has 6 heteroatoms. The molecule has 1 atom stereocenters. The highest BCUT2D eigenvalue weighted by molar-refractivity contribution is 9.12. The summed E-state index contributed by atoms with van der Waals surface area (Å²) in [5, 5.41) is 0. The number of sulfone groups is 1. The Balaban J connectivity index is 3.13. The van der Waals surface area contributed by atoms with Crippen LogP contribution in [0.1, 0.15) is 17.3 Å². The SMILES string of the molecule is COc1ccc(C(=O)[C@](C)(Br)S(C)(=O)=O)cc1. The summed E-state index contributed by atoms with van der Waals surface area (Å²) in [4.78, 5) is 12.0. The van der Waals surface area contributed by atoms with E-state index in [1.807, 2.05) is 0 Å². The maximum absolute atomic E-state index is 12.0. The lowest BCUT2D eigenvalue weighted by Gasteiger charge is -2.18. The van der Waals surface area contributed by atoms with Gasteiger partial charge in [0, 0.05) is 11.8 Å². The van der Waals surface area contributed by atoms with Crippen LogP contribution in [-0.2, 0) is 9.84 Å². The monoisotopic (exact) mass is 320 g/mol. The van der Waals surface area contributed by atoms with Gasteiger partial charge in [-0.2, -0.15) is 0 Å². The lowest BCUT2D eigenvalue weighted by atomic mass is 10.1. The first kappa shape index (κ1) is 14.2. The lowest BCUT2D eigenvalue weighted by molar-refractivity contribution is 0.0983. The van der Waals surface area contributed by atoms with Crippen molar-refractivity contribution in [3.63, 3.8) is 0 Å². The molecule has 0 aliphatic rings. The number of Topliss-reactive ketones (excluding diaryl/α,β-unsaturated/α-hetero) is 1. The van der Waals surface area contributed by atoms with Gasteiger partial charge in [0.05, 0.1) is 7.11 Å². The third kappa shape index (κ3) is 2.87. The molecule has 0 saturated heterocycles. The van der Waals surface area contributed by atoms with Gasteiger partial charge < -0.3 is 4.74 Å². The van der Waals surface area contributed by atoms with E-state index in [1.165, 1.54) is 26.2 Å². The molecule has 0 heterocycles. The molecule has 0 radical (unpaired) electrons. The van der Waals surface area contributed by atoms with Crippen molar-refractivity contribution < 1.29 is 17.9 Å². The van der Waals surface area contributed by atoms with Crippen molar-refractivity contribution >= 4 is 31.6 Å². The molecule has 0 spiro atoms. The van der Waals surface area contributed by atoms with E-state index in [0.717, 1.165) is 6.26 Å². The fourth-order valence-corrected chi connectivity index (χ4v) is 1.85. The minimum absolute atomic E-state index is 0.315. The first-order valence-electron chi connectivity index (χ1n) is 4.77. The van der Waals surface area contributed by atoms with Gasteiger partial charge in [-0.15, -0.1) is 0 Å². The van der Waals surface area contributed by atoms with Crippen LogP contribution in [-0.4, -0.2) is 31.2 Å². The predicted molar refractivity (Wildman–Crippen MR) is 69.5 cm³/mol. The zero-order valence-electron chi connectivity index (χ0n) is 9.73. The van der Waals surface area contributed by atoms with Gasteiger partial charge in [-0.1, -0.05) is 15.9 Å². The van der Waals surface area contributed by atoms with Crippen molar-refractivity contribution in [2.75, 3.05) is 13.4 Å². The number of carbonyl (C=O) groups is 1. The number of ketones is 1. The third-order valence-corrected chi connectivity index (χ3v) is 6.16. The number of hydrogen-bond acceptors (Lipinski definition) is 4. The lowest BCUT2D eigenvalue weighted by Crippen LogP contribution is -2.36. The highest BCUT2D eigenvalue weighted by atomic mass is 79.9. The molecule has 0 unspecified atom stereocenters. The first-order chi connectivity index (χ1) is 7.70. The fraction of sp³-hybridized carbons (Fsp3) is 0.364. The highest BCUT2D eigenvalue weighted by Crippen LogP contribution is 2.29. The summed E-state index contributed by atoms with van der Waals surface area (Å²) in [6, 6.07) is 6.29. The number of rotatable bonds is 4. The Morgan fingerprint density at radius 1 is 1.29 bits per heavy atom. The molecule has 0 aliphatic heterocycles. The smallest absolute Gasteiger partial charge is 0.194 e. The van der Waals surface area contributed by atoms with Gasteiger partial charge in [-0.25, -0.2) is 8.42 Å². The summed E-state index contributed by atoms with van der Waals surface area (Å²) in [6.07, 6.45) is 1.02. The van der Waals surface area contributed by atoms with Crippen molar-refractivity contribution in [2.45, 2.75) is 10.6 Å². The molecule has 94 valence electrons. The molecule has 17 heavy (non-hydrogen) atoms. The first-order valence-corrected chi connectivity index (χ1v) is 7.46. The normalized spacial score (nSPS) is 15.1. The van der Waals surface area contributed by atoms with Crippen molar-refractivity contribution in [3.8, 4) is 5.75 Å². The molecular weight excluding hydrogens is 308 g/mol. The molecule has 0 N–H and O–H groups in total. The molecule has 4 nitrogen and oxygen atoms in total. The maximum Gasteiger partial charge on any atom is 0.194 e. The zero-order valence-corrected chi connectivity index (χ0v) is 12.1. The topological polar surface area (TPSA) is 60.4 Å². The number of halogens is 1.